The highest BCUT2D eigenvalue weighted by Crippen LogP contribution is 2.17. The summed E-state index contributed by atoms with van der Waals surface area (Å²) in [6.07, 6.45) is 11.4. The second-order valence-electron chi connectivity index (χ2n) is 4.56. The Bertz CT molecular complexity index is 177. The van der Waals surface area contributed by atoms with Gasteiger partial charge in [-0.1, -0.05) is 39.0 Å². The second kappa shape index (κ2) is 7.72. The van der Waals surface area contributed by atoms with Gasteiger partial charge in [-0.25, -0.2) is 0 Å². The zero-order valence-corrected chi connectivity index (χ0v) is 9.96. The van der Waals surface area contributed by atoms with Gasteiger partial charge in [-0.2, -0.15) is 0 Å². The molecule has 0 spiro atoms. The molecular formula is C13H24O2. The van der Waals surface area contributed by atoms with E-state index in [0.717, 1.165) is 25.7 Å². The molecule has 88 valence electrons. The number of ether oxygens (including phenoxy) is 1. The Morgan fingerprint density at radius 1 is 1.13 bits per heavy atom. The minimum absolute atomic E-state index is 0.0235. The van der Waals surface area contributed by atoms with Crippen LogP contribution in [0.25, 0.3) is 0 Å². The third kappa shape index (κ3) is 5.81. The first-order chi connectivity index (χ1) is 7.33. The molecule has 1 heterocycles. The summed E-state index contributed by atoms with van der Waals surface area (Å²) in [5.74, 6) is 0.0235. The monoisotopic (exact) mass is 212 g/mol. The van der Waals surface area contributed by atoms with E-state index in [9.17, 15) is 4.79 Å². The van der Waals surface area contributed by atoms with Gasteiger partial charge in [0.2, 0.25) is 0 Å². The molecule has 1 rings (SSSR count). The molecule has 1 unspecified atom stereocenters. The van der Waals surface area contributed by atoms with Crippen molar-refractivity contribution in [3.63, 3.8) is 0 Å². The molecule has 0 saturated carbocycles. The molecule has 2 heteroatoms. The lowest BCUT2D eigenvalue weighted by molar-refractivity contribution is -0.149. The lowest BCUT2D eigenvalue weighted by Gasteiger charge is -2.16. The maximum absolute atomic E-state index is 11.5. The first kappa shape index (κ1) is 12.5. The predicted molar refractivity (Wildman–Crippen MR) is 61.7 cm³/mol. The van der Waals surface area contributed by atoms with Gasteiger partial charge in [0.1, 0.15) is 6.10 Å². The van der Waals surface area contributed by atoms with E-state index in [1.807, 2.05) is 0 Å². The van der Waals surface area contributed by atoms with Crippen LogP contribution in [0.5, 0.6) is 0 Å². The molecule has 0 aromatic carbocycles. The van der Waals surface area contributed by atoms with Crippen molar-refractivity contribution in [3.05, 3.63) is 0 Å². The van der Waals surface area contributed by atoms with Crippen LogP contribution in [0.4, 0.5) is 0 Å². The number of cyclic esters (lactones) is 1. The van der Waals surface area contributed by atoms with Crippen LogP contribution in [-0.4, -0.2) is 12.1 Å². The van der Waals surface area contributed by atoms with E-state index < -0.39 is 0 Å². The Hall–Kier alpha value is -0.530. The molecule has 0 amide bonds. The van der Waals surface area contributed by atoms with Crippen molar-refractivity contribution in [1.29, 1.82) is 0 Å². The first-order valence-corrected chi connectivity index (χ1v) is 6.52. The summed E-state index contributed by atoms with van der Waals surface area (Å²) >= 11 is 0. The smallest absolute Gasteiger partial charge is 0.306 e. The third-order valence-electron chi connectivity index (χ3n) is 3.07. The van der Waals surface area contributed by atoms with Crippen LogP contribution in [0.3, 0.4) is 0 Å². The summed E-state index contributed by atoms with van der Waals surface area (Å²) in [6.45, 7) is 2.15. The van der Waals surface area contributed by atoms with Gasteiger partial charge in [-0.3, -0.25) is 4.79 Å². The van der Waals surface area contributed by atoms with Gasteiger partial charge in [0.15, 0.2) is 0 Å². The molecule has 0 aliphatic carbocycles. The Labute approximate surface area is 93.4 Å². The molecule has 1 atom stereocenters. The van der Waals surface area contributed by atoms with E-state index in [2.05, 4.69) is 6.92 Å². The Kier molecular flexibility index (Phi) is 6.45. The largest absolute Gasteiger partial charge is 0.462 e. The zero-order valence-electron chi connectivity index (χ0n) is 9.96. The van der Waals surface area contributed by atoms with Crippen molar-refractivity contribution in [1.82, 2.24) is 0 Å². The molecular weight excluding hydrogens is 188 g/mol. The molecule has 15 heavy (non-hydrogen) atoms. The summed E-state index contributed by atoms with van der Waals surface area (Å²) in [7, 11) is 0. The quantitative estimate of drug-likeness (QED) is 0.650. The van der Waals surface area contributed by atoms with Crippen LogP contribution in [0, 0.1) is 0 Å². The summed E-state index contributed by atoms with van der Waals surface area (Å²) in [4.78, 5) is 11.5. The molecule has 0 radical (unpaired) electrons. The lowest BCUT2D eigenvalue weighted by atomic mass is 10.0. The molecule has 0 bridgehead atoms. The minimum atomic E-state index is 0.0235. The molecule has 1 aliphatic rings. The van der Waals surface area contributed by atoms with E-state index in [0.29, 0.717) is 6.42 Å². The topological polar surface area (TPSA) is 26.3 Å². The molecule has 0 N–H and O–H groups in total. The molecule has 1 saturated heterocycles. The molecule has 1 aliphatic heterocycles. The van der Waals surface area contributed by atoms with Crippen molar-refractivity contribution >= 4 is 5.97 Å². The van der Waals surface area contributed by atoms with Crippen LogP contribution in [0.15, 0.2) is 0 Å². The van der Waals surface area contributed by atoms with Crippen molar-refractivity contribution in [3.8, 4) is 0 Å². The van der Waals surface area contributed by atoms with E-state index >= 15 is 0 Å². The van der Waals surface area contributed by atoms with Gasteiger partial charge in [0.25, 0.3) is 0 Å². The predicted octanol–water partition coefficient (Wildman–Crippen LogP) is 3.83. The van der Waals surface area contributed by atoms with E-state index in [1.165, 1.54) is 32.1 Å². The van der Waals surface area contributed by atoms with Gasteiger partial charge >= 0.3 is 5.97 Å². The van der Waals surface area contributed by atoms with E-state index in [1.54, 1.807) is 0 Å². The third-order valence-corrected chi connectivity index (χ3v) is 3.07. The van der Waals surface area contributed by atoms with Crippen LogP contribution in [0.1, 0.15) is 71.1 Å². The van der Waals surface area contributed by atoms with Crippen LogP contribution < -0.4 is 0 Å². The van der Waals surface area contributed by atoms with Crippen LogP contribution >= 0.6 is 0 Å². The summed E-state index contributed by atoms with van der Waals surface area (Å²) < 4.78 is 5.48. The fourth-order valence-corrected chi connectivity index (χ4v) is 2.18. The normalized spacial score (nSPS) is 25.4. The van der Waals surface area contributed by atoms with Gasteiger partial charge in [0, 0.05) is 6.42 Å². The molecule has 0 aromatic rings. The van der Waals surface area contributed by atoms with Crippen LogP contribution in [-0.2, 0) is 9.53 Å². The Morgan fingerprint density at radius 2 is 1.80 bits per heavy atom. The summed E-state index contributed by atoms with van der Waals surface area (Å²) in [5.41, 5.74) is 0. The fraction of sp³-hybridized carbons (Fsp3) is 0.923. The van der Waals surface area contributed by atoms with E-state index in [-0.39, 0.29) is 12.1 Å². The van der Waals surface area contributed by atoms with Gasteiger partial charge in [-0.05, 0) is 25.7 Å². The maximum Gasteiger partial charge on any atom is 0.306 e. The van der Waals surface area contributed by atoms with E-state index in [4.69, 9.17) is 4.74 Å². The van der Waals surface area contributed by atoms with Crippen molar-refractivity contribution in [2.75, 3.05) is 0 Å². The number of carbonyl (C=O) groups is 1. The van der Waals surface area contributed by atoms with Crippen molar-refractivity contribution < 1.29 is 9.53 Å². The molecule has 0 aromatic heterocycles. The highest BCUT2D eigenvalue weighted by Gasteiger charge is 2.13. The average Bonchev–Trinajstić information content (AvgIpc) is 2.25. The number of rotatable bonds is 2. The second-order valence-corrected chi connectivity index (χ2v) is 4.56. The number of esters is 1. The zero-order chi connectivity index (χ0) is 10.9. The maximum atomic E-state index is 11.5. The standard InChI is InChI=1S/C13H24O2/c1-2-9-12-10-7-5-3-4-6-8-11-13(14)15-12/h12H,2-11H2,1H3. The van der Waals surface area contributed by atoms with Crippen LogP contribution in [0.2, 0.25) is 0 Å². The van der Waals surface area contributed by atoms with Gasteiger partial charge in [0.05, 0.1) is 0 Å². The summed E-state index contributed by atoms with van der Waals surface area (Å²) in [5, 5.41) is 0. The number of carbonyl (C=O) groups excluding carboxylic acids is 1. The van der Waals surface area contributed by atoms with Gasteiger partial charge in [-0.15, -0.1) is 0 Å². The minimum Gasteiger partial charge on any atom is -0.462 e. The summed E-state index contributed by atoms with van der Waals surface area (Å²) in [6, 6.07) is 0. The fourth-order valence-electron chi connectivity index (χ4n) is 2.18. The Balaban J connectivity index is 2.36. The van der Waals surface area contributed by atoms with Crippen molar-refractivity contribution in [2.45, 2.75) is 77.2 Å². The molecule has 2 nitrogen and oxygen atoms in total. The molecule has 1 fully saturated rings. The number of hydrogen-bond donors (Lipinski definition) is 0. The average molecular weight is 212 g/mol. The highest BCUT2D eigenvalue weighted by molar-refractivity contribution is 5.69. The highest BCUT2D eigenvalue weighted by atomic mass is 16.5. The van der Waals surface area contributed by atoms with Gasteiger partial charge < -0.3 is 4.74 Å². The Morgan fingerprint density at radius 3 is 2.53 bits per heavy atom. The SMILES string of the molecule is CCCC1CCCCCCCCC(=O)O1. The number of hydrogen-bond acceptors (Lipinski definition) is 2. The lowest BCUT2D eigenvalue weighted by Crippen LogP contribution is -2.17. The van der Waals surface area contributed by atoms with Crippen molar-refractivity contribution in [2.24, 2.45) is 0 Å². The first-order valence-electron chi connectivity index (χ1n) is 6.52.